The first-order valence-corrected chi connectivity index (χ1v) is 5.99. The van der Waals surface area contributed by atoms with Gasteiger partial charge < -0.3 is 9.64 Å². The van der Waals surface area contributed by atoms with E-state index in [1.165, 1.54) is 0 Å². The van der Waals surface area contributed by atoms with Crippen LogP contribution in [0.25, 0.3) is 0 Å². The molecule has 4 heteroatoms. The summed E-state index contributed by atoms with van der Waals surface area (Å²) >= 11 is 0. The van der Waals surface area contributed by atoms with Crippen LogP contribution >= 0.6 is 0 Å². The van der Waals surface area contributed by atoms with Gasteiger partial charge in [-0.3, -0.25) is 9.78 Å². The summed E-state index contributed by atoms with van der Waals surface area (Å²) in [5, 5.41) is 0. The standard InChI is InChI=1S/C13H18N2O2/c1-4-9-7-12(17-10-5-6-10)11(8-14-9)13(16)15(2)3/h7-8,10H,4-6H2,1-3H3. The van der Waals surface area contributed by atoms with Gasteiger partial charge >= 0.3 is 0 Å². The smallest absolute Gasteiger partial charge is 0.258 e. The van der Waals surface area contributed by atoms with Crippen molar-refractivity contribution in [3.05, 3.63) is 23.5 Å². The summed E-state index contributed by atoms with van der Waals surface area (Å²) in [7, 11) is 3.47. The maximum absolute atomic E-state index is 12.0. The minimum Gasteiger partial charge on any atom is -0.489 e. The topological polar surface area (TPSA) is 42.4 Å². The van der Waals surface area contributed by atoms with Crippen LogP contribution in [-0.4, -0.2) is 36.0 Å². The zero-order chi connectivity index (χ0) is 12.4. The quantitative estimate of drug-likeness (QED) is 0.799. The van der Waals surface area contributed by atoms with Crippen molar-refractivity contribution in [3.63, 3.8) is 0 Å². The second-order valence-corrected chi connectivity index (χ2v) is 4.54. The van der Waals surface area contributed by atoms with Gasteiger partial charge in [-0.1, -0.05) is 6.92 Å². The van der Waals surface area contributed by atoms with Crippen LogP contribution < -0.4 is 4.74 Å². The van der Waals surface area contributed by atoms with E-state index in [2.05, 4.69) is 4.98 Å². The van der Waals surface area contributed by atoms with Gasteiger partial charge in [-0.2, -0.15) is 0 Å². The van der Waals surface area contributed by atoms with Crippen LogP contribution in [0.2, 0.25) is 0 Å². The molecule has 1 amide bonds. The molecule has 4 nitrogen and oxygen atoms in total. The largest absolute Gasteiger partial charge is 0.489 e. The molecule has 0 spiro atoms. The lowest BCUT2D eigenvalue weighted by Gasteiger charge is -2.15. The molecule has 1 aliphatic carbocycles. The Morgan fingerprint density at radius 3 is 2.76 bits per heavy atom. The van der Waals surface area contributed by atoms with Crippen molar-refractivity contribution in [2.45, 2.75) is 32.3 Å². The number of pyridine rings is 1. The summed E-state index contributed by atoms with van der Waals surface area (Å²) < 4.78 is 5.78. The molecule has 1 aromatic heterocycles. The molecule has 0 unspecified atom stereocenters. The molecular formula is C13H18N2O2. The number of hydrogen-bond donors (Lipinski definition) is 0. The van der Waals surface area contributed by atoms with Gasteiger partial charge in [0.1, 0.15) is 5.75 Å². The molecule has 0 aliphatic heterocycles. The highest BCUT2D eigenvalue weighted by Gasteiger charge is 2.26. The van der Waals surface area contributed by atoms with Gasteiger partial charge in [0.25, 0.3) is 5.91 Å². The Labute approximate surface area is 102 Å². The molecule has 92 valence electrons. The van der Waals surface area contributed by atoms with Crippen molar-refractivity contribution in [3.8, 4) is 5.75 Å². The van der Waals surface area contributed by atoms with Crippen LogP contribution in [0, 0.1) is 0 Å². The van der Waals surface area contributed by atoms with Crippen molar-refractivity contribution in [1.29, 1.82) is 0 Å². The second-order valence-electron chi connectivity index (χ2n) is 4.54. The fourth-order valence-electron chi connectivity index (χ4n) is 1.54. The number of ether oxygens (including phenoxy) is 1. The molecule has 2 rings (SSSR count). The average molecular weight is 234 g/mol. The Morgan fingerprint density at radius 1 is 1.53 bits per heavy atom. The van der Waals surface area contributed by atoms with E-state index in [-0.39, 0.29) is 12.0 Å². The first-order chi connectivity index (χ1) is 8.11. The normalized spacial score (nSPS) is 14.5. The van der Waals surface area contributed by atoms with Gasteiger partial charge in [-0.15, -0.1) is 0 Å². The lowest BCUT2D eigenvalue weighted by Crippen LogP contribution is -2.23. The summed E-state index contributed by atoms with van der Waals surface area (Å²) in [6.45, 7) is 2.04. The number of carbonyl (C=O) groups is 1. The Morgan fingerprint density at radius 2 is 2.24 bits per heavy atom. The third kappa shape index (κ3) is 2.75. The maximum Gasteiger partial charge on any atom is 0.258 e. The monoisotopic (exact) mass is 234 g/mol. The number of carbonyl (C=O) groups excluding carboxylic acids is 1. The van der Waals surface area contributed by atoms with E-state index in [1.54, 1.807) is 25.2 Å². The molecule has 0 bridgehead atoms. The van der Waals surface area contributed by atoms with Crippen molar-refractivity contribution >= 4 is 5.91 Å². The van der Waals surface area contributed by atoms with Crippen LogP contribution in [0.15, 0.2) is 12.3 Å². The van der Waals surface area contributed by atoms with Crippen molar-refractivity contribution in [2.75, 3.05) is 14.1 Å². The van der Waals surface area contributed by atoms with Crippen molar-refractivity contribution < 1.29 is 9.53 Å². The SMILES string of the molecule is CCc1cc(OC2CC2)c(C(=O)N(C)C)cn1. The summed E-state index contributed by atoms with van der Waals surface area (Å²) in [5.41, 5.74) is 1.51. The number of aryl methyl sites for hydroxylation is 1. The summed E-state index contributed by atoms with van der Waals surface area (Å²) in [5.74, 6) is 0.619. The van der Waals surface area contributed by atoms with Gasteiger partial charge in [0.15, 0.2) is 0 Å². The van der Waals surface area contributed by atoms with Crippen molar-refractivity contribution in [2.24, 2.45) is 0 Å². The lowest BCUT2D eigenvalue weighted by atomic mass is 10.2. The first kappa shape index (κ1) is 11.9. The van der Waals surface area contributed by atoms with E-state index >= 15 is 0 Å². The zero-order valence-electron chi connectivity index (χ0n) is 10.6. The molecule has 0 atom stereocenters. The molecule has 0 N–H and O–H groups in total. The molecule has 1 heterocycles. The minimum atomic E-state index is -0.0594. The third-order valence-corrected chi connectivity index (χ3v) is 2.74. The highest BCUT2D eigenvalue weighted by molar-refractivity contribution is 5.96. The molecular weight excluding hydrogens is 216 g/mol. The number of hydrogen-bond acceptors (Lipinski definition) is 3. The third-order valence-electron chi connectivity index (χ3n) is 2.74. The molecule has 1 aromatic rings. The molecule has 1 aliphatic rings. The minimum absolute atomic E-state index is 0.0594. The summed E-state index contributed by atoms with van der Waals surface area (Å²) in [4.78, 5) is 17.8. The van der Waals surface area contributed by atoms with Gasteiger partial charge in [0, 0.05) is 32.1 Å². The number of nitrogens with zero attached hydrogens (tertiary/aromatic N) is 2. The predicted octanol–water partition coefficient (Wildman–Crippen LogP) is 1.89. The Balaban J connectivity index is 2.31. The summed E-state index contributed by atoms with van der Waals surface area (Å²) in [6.07, 6.45) is 4.92. The van der Waals surface area contributed by atoms with Gasteiger partial charge in [0.05, 0.1) is 11.7 Å². The Hall–Kier alpha value is -1.58. The van der Waals surface area contributed by atoms with E-state index in [1.807, 2.05) is 13.0 Å². The van der Waals surface area contributed by atoms with Gasteiger partial charge in [-0.25, -0.2) is 0 Å². The van der Waals surface area contributed by atoms with E-state index < -0.39 is 0 Å². The predicted molar refractivity (Wildman–Crippen MR) is 65.3 cm³/mol. The maximum atomic E-state index is 12.0. The lowest BCUT2D eigenvalue weighted by molar-refractivity contribution is 0.0822. The Bertz CT molecular complexity index is 425. The average Bonchev–Trinajstić information content (AvgIpc) is 3.11. The number of rotatable bonds is 4. The number of aromatic nitrogens is 1. The van der Waals surface area contributed by atoms with E-state index in [9.17, 15) is 4.79 Å². The highest BCUT2D eigenvalue weighted by Crippen LogP contribution is 2.29. The molecule has 17 heavy (non-hydrogen) atoms. The Kier molecular flexibility index (Phi) is 3.31. The first-order valence-electron chi connectivity index (χ1n) is 5.99. The fourth-order valence-corrected chi connectivity index (χ4v) is 1.54. The second kappa shape index (κ2) is 4.73. The summed E-state index contributed by atoms with van der Waals surface area (Å²) in [6, 6.07) is 1.88. The molecule has 1 fully saturated rings. The van der Waals surface area contributed by atoms with Gasteiger partial charge in [-0.05, 0) is 19.3 Å². The van der Waals surface area contributed by atoms with E-state index in [4.69, 9.17) is 4.74 Å². The zero-order valence-corrected chi connectivity index (χ0v) is 10.6. The molecule has 0 radical (unpaired) electrons. The van der Waals surface area contributed by atoms with Crippen LogP contribution in [-0.2, 0) is 6.42 Å². The molecule has 0 saturated heterocycles. The van der Waals surface area contributed by atoms with E-state index in [0.29, 0.717) is 11.3 Å². The number of amides is 1. The van der Waals surface area contributed by atoms with Crippen LogP contribution in [0.3, 0.4) is 0 Å². The van der Waals surface area contributed by atoms with Crippen LogP contribution in [0.5, 0.6) is 5.75 Å². The highest BCUT2D eigenvalue weighted by atomic mass is 16.5. The van der Waals surface area contributed by atoms with Crippen LogP contribution in [0.1, 0.15) is 35.8 Å². The van der Waals surface area contributed by atoms with Crippen LogP contribution in [0.4, 0.5) is 0 Å². The fraction of sp³-hybridized carbons (Fsp3) is 0.538. The molecule has 1 saturated carbocycles. The van der Waals surface area contributed by atoms with E-state index in [0.717, 1.165) is 25.0 Å². The van der Waals surface area contributed by atoms with Gasteiger partial charge in [0.2, 0.25) is 0 Å². The molecule has 0 aromatic carbocycles. The van der Waals surface area contributed by atoms with Crippen molar-refractivity contribution in [1.82, 2.24) is 9.88 Å².